The summed E-state index contributed by atoms with van der Waals surface area (Å²) < 4.78 is 6.16. The van der Waals surface area contributed by atoms with E-state index in [0.717, 1.165) is 60.8 Å². The van der Waals surface area contributed by atoms with Gasteiger partial charge < -0.3 is 46.9 Å². The second-order valence-corrected chi connectivity index (χ2v) is 23.0. The van der Waals surface area contributed by atoms with Crippen molar-refractivity contribution in [3.63, 3.8) is 0 Å². The summed E-state index contributed by atoms with van der Waals surface area (Å²) in [5.74, 6) is -2.62. The number of fused-ring (bicyclic) bond motifs is 2. The number of allylic oxidation sites excluding steroid dienone is 2. The number of likely N-dealkylation sites (tertiary alicyclic amines) is 1. The van der Waals surface area contributed by atoms with Gasteiger partial charge in [-0.2, -0.15) is 0 Å². The minimum atomic E-state index is -0.941. The van der Waals surface area contributed by atoms with Crippen LogP contribution in [0.4, 0.5) is 0 Å². The number of ether oxygens (including phenoxy) is 1. The summed E-state index contributed by atoms with van der Waals surface area (Å²) in [5.41, 5.74) is 5.94. The van der Waals surface area contributed by atoms with Gasteiger partial charge in [-0.15, -0.1) is 0 Å². The molecule has 8 rings (SSSR count). The Labute approximate surface area is 465 Å². The van der Waals surface area contributed by atoms with Crippen molar-refractivity contribution in [3.8, 4) is 5.75 Å². The van der Waals surface area contributed by atoms with E-state index >= 15 is 0 Å². The molecule has 0 saturated carbocycles. The molecule has 1 aliphatic heterocycles. The van der Waals surface area contributed by atoms with Crippen LogP contribution in [-0.2, 0) is 54.6 Å². The molecule has 1 saturated heterocycles. The lowest BCUT2D eigenvalue weighted by molar-refractivity contribution is -0.144. The first-order chi connectivity index (χ1) is 37.9. The van der Waals surface area contributed by atoms with Crippen molar-refractivity contribution in [1.29, 1.82) is 0 Å². The Morgan fingerprint density at radius 1 is 0.646 bits per heavy atom. The number of hydrogen-bond acceptors (Lipinski definition) is 10. The van der Waals surface area contributed by atoms with Crippen molar-refractivity contribution in [3.05, 3.63) is 148 Å². The third kappa shape index (κ3) is 14.4. The first-order valence-corrected chi connectivity index (χ1v) is 28.2. The normalized spacial score (nSPS) is 22.1. The Morgan fingerprint density at radius 2 is 1.19 bits per heavy atom. The molecule has 0 aromatic heterocycles. The molecule has 3 aliphatic carbocycles. The lowest BCUT2D eigenvalue weighted by Gasteiger charge is -2.36. The van der Waals surface area contributed by atoms with E-state index in [0.29, 0.717) is 24.2 Å². The van der Waals surface area contributed by atoms with Crippen LogP contribution < -0.4 is 42.0 Å². The summed E-state index contributed by atoms with van der Waals surface area (Å²) in [6.07, 6.45) is 10.6. The zero-order valence-corrected chi connectivity index (χ0v) is 46.9. The maximum atomic E-state index is 14.6. The number of benzene rings is 4. The Balaban J connectivity index is 0.893. The summed E-state index contributed by atoms with van der Waals surface area (Å²) in [5, 5.41) is 21.4. The third-order valence-corrected chi connectivity index (χ3v) is 16.4. The number of ketones is 1. The molecule has 4 unspecified atom stereocenters. The van der Waals surface area contributed by atoms with Crippen molar-refractivity contribution in [2.75, 3.05) is 20.6 Å². The van der Waals surface area contributed by atoms with Gasteiger partial charge in [0, 0.05) is 24.1 Å². The number of likely N-dealkylation sites (N-methyl/N-ethyl adjacent to an activating group) is 2. The molecule has 6 amide bonds. The summed E-state index contributed by atoms with van der Waals surface area (Å²) in [6, 6.07) is 26.0. The van der Waals surface area contributed by atoms with Crippen molar-refractivity contribution in [1.82, 2.24) is 42.1 Å². The Hall–Kier alpha value is -7.17. The van der Waals surface area contributed by atoms with Crippen LogP contribution in [0.1, 0.15) is 135 Å². The molecule has 4 aromatic rings. The summed E-state index contributed by atoms with van der Waals surface area (Å²) in [6.45, 7) is 9.34. The molecule has 4 aromatic carbocycles. The molecule has 1 heterocycles. The van der Waals surface area contributed by atoms with Gasteiger partial charge in [-0.05, 0) is 155 Å². The number of rotatable bonds is 20. The quantitative estimate of drug-likeness (QED) is 0.0492. The lowest BCUT2D eigenvalue weighted by atomic mass is 9.76. The molecular weight excluding hydrogens is 997 g/mol. The number of amides is 6. The molecular formula is C63H80N8O8. The Kier molecular flexibility index (Phi) is 19.2. The van der Waals surface area contributed by atoms with Gasteiger partial charge in [-0.3, -0.25) is 33.6 Å². The fourth-order valence-electron chi connectivity index (χ4n) is 11.5. The van der Waals surface area contributed by atoms with E-state index in [1.54, 1.807) is 40.1 Å². The fraction of sp³-hybridized carbons (Fsp3) is 0.476. The zero-order chi connectivity index (χ0) is 56.4. The smallest absolute Gasteiger partial charge is 0.251 e. The average Bonchev–Trinajstić information content (AvgIpc) is 4.06. The van der Waals surface area contributed by atoms with Crippen LogP contribution in [-0.4, -0.2) is 103 Å². The van der Waals surface area contributed by atoms with Gasteiger partial charge in [0.25, 0.3) is 5.91 Å². The predicted molar refractivity (Wildman–Crippen MR) is 304 cm³/mol. The van der Waals surface area contributed by atoms with Crippen molar-refractivity contribution >= 4 is 41.2 Å². The van der Waals surface area contributed by atoms with Gasteiger partial charge in [0.2, 0.25) is 29.5 Å². The van der Waals surface area contributed by atoms with Gasteiger partial charge in [0.15, 0.2) is 5.78 Å². The highest BCUT2D eigenvalue weighted by Gasteiger charge is 2.46. The monoisotopic (exact) mass is 1080 g/mol. The first kappa shape index (κ1) is 58.0. The van der Waals surface area contributed by atoms with Gasteiger partial charge >= 0.3 is 0 Å². The van der Waals surface area contributed by atoms with E-state index in [1.807, 2.05) is 99.7 Å². The molecule has 420 valence electrons. The lowest BCUT2D eigenvalue weighted by Crippen LogP contribution is -2.59. The van der Waals surface area contributed by atoms with Gasteiger partial charge in [-0.25, -0.2) is 0 Å². The van der Waals surface area contributed by atoms with E-state index in [-0.39, 0.29) is 73.4 Å². The molecule has 0 radical (unpaired) electrons. The van der Waals surface area contributed by atoms with Crippen LogP contribution in [0.25, 0.3) is 0 Å². The molecule has 16 nitrogen and oxygen atoms in total. The average molecular weight is 1080 g/mol. The largest absolute Gasteiger partial charge is 0.489 e. The highest BCUT2D eigenvalue weighted by molar-refractivity contribution is 5.97. The summed E-state index contributed by atoms with van der Waals surface area (Å²) in [4.78, 5) is 99.4. The number of nitrogens with zero attached hydrogens (tertiary/aromatic N) is 1. The molecule has 16 heteroatoms. The van der Waals surface area contributed by atoms with E-state index in [1.165, 1.54) is 16.0 Å². The maximum Gasteiger partial charge on any atom is 0.251 e. The molecule has 7 N–H and O–H groups in total. The van der Waals surface area contributed by atoms with Crippen molar-refractivity contribution < 1.29 is 38.3 Å². The minimum absolute atomic E-state index is 0.0770. The number of carbonyl (C=O) groups is 7. The predicted octanol–water partition coefficient (Wildman–Crippen LogP) is 6.28. The highest BCUT2D eigenvalue weighted by Crippen LogP contribution is 2.35. The molecule has 0 bridgehead atoms. The topological polar surface area (TPSA) is 216 Å². The Bertz CT molecular complexity index is 2860. The van der Waals surface area contributed by atoms with E-state index in [2.05, 4.69) is 55.4 Å². The van der Waals surface area contributed by atoms with Crippen LogP contribution in [0.3, 0.4) is 0 Å². The Morgan fingerprint density at radius 3 is 1.77 bits per heavy atom. The second kappa shape index (κ2) is 26.2. The molecule has 0 spiro atoms. The maximum absolute atomic E-state index is 14.6. The second-order valence-electron chi connectivity index (χ2n) is 23.0. The number of nitrogens with one attached hydrogen (secondary N) is 7. The first-order valence-electron chi connectivity index (χ1n) is 28.2. The van der Waals surface area contributed by atoms with Crippen LogP contribution >= 0.6 is 0 Å². The molecule has 10 atom stereocenters. The number of carbonyl (C=O) groups excluding carboxylic acids is 7. The van der Waals surface area contributed by atoms with E-state index in [4.69, 9.17) is 4.74 Å². The number of hydrogen-bond donors (Lipinski definition) is 7. The molecule has 1 fully saturated rings. The zero-order valence-electron chi connectivity index (χ0n) is 46.9. The molecule has 4 aliphatic rings. The number of aryl methyl sites for hydroxylation is 2. The number of Topliss-reactive ketones (excluding diaryl/α,β-unsaturated/α-hetero) is 1. The van der Waals surface area contributed by atoms with E-state index in [9.17, 15) is 33.6 Å². The summed E-state index contributed by atoms with van der Waals surface area (Å²) in [7, 11) is 3.36. The van der Waals surface area contributed by atoms with Crippen LogP contribution in [0.2, 0.25) is 0 Å². The SMILES string of the molecule is CNC(C)C(=O)NC(Cc1ccc(OCc2ccc(C(=O)N[C@H]3C[C@@H](C(=O)N[C@@H]4CCCc5ccccc54)N(C(=O)C(NC(=O)C(C)NC)C(C)(C)C)C3)cc2)cc1)C(=O)[C@@H]1CC=CC[C@H]1C(=O)N[C@@H]1CCCc2ccccc21. The standard InChI is InChI=1S/C63H80N8O8/c1-38(64-6)57(73)69-53(55(72)49-22-12-13-23-50(49)60(76)67-51-24-14-18-42-16-8-10-20-47(42)51)34-40-28-32-46(33-29-40)79-37-41-26-30-44(31-27-41)59(75)66-45-35-54(61(77)68-52-25-15-19-43-17-9-11-21-48(43)52)71(36-45)62(78)56(63(3,4)5)70-58(74)39(2)65-7/h8-13,16-17,20-21,26-33,38-39,45,49-54,56,64-65H,14-15,18-19,22-25,34-37H2,1-7H3,(H,66,75)(H,67,76)(H,68,77)(H,69,73)(H,70,74)/t38?,39?,45-,49+,50+,51+,52+,53?,54-,56?/m0/s1. The highest BCUT2D eigenvalue weighted by atomic mass is 16.5. The van der Waals surface area contributed by atoms with Crippen molar-refractivity contribution in [2.45, 2.75) is 154 Å². The van der Waals surface area contributed by atoms with Gasteiger partial charge in [0.05, 0.1) is 36.1 Å². The van der Waals surface area contributed by atoms with E-state index < -0.39 is 59.4 Å². The molecule has 79 heavy (non-hydrogen) atoms. The third-order valence-electron chi connectivity index (χ3n) is 16.4. The van der Waals surface area contributed by atoms with Crippen LogP contribution in [0.15, 0.2) is 109 Å². The van der Waals surface area contributed by atoms with Crippen molar-refractivity contribution in [2.24, 2.45) is 17.3 Å². The fourth-order valence-corrected chi connectivity index (χ4v) is 11.5. The van der Waals surface area contributed by atoms with Crippen LogP contribution in [0, 0.1) is 17.3 Å². The summed E-state index contributed by atoms with van der Waals surface area (Å²) >= 11 is 0. The van der Waals surface area contributed by atoms with Crippen LogP contribution in [0.5, 0.6) is 5.75 Å². The van der Waals surface area contributed by atoms with Gasteiger partial charge in [-0.1, -0.05) is 106 Å². The minimum Gasteiger partial charge on any atom is -0.489 e. The van der Waals surface area contributed by atoms with Gasteiger partial charge in [0.1, 0.15) is 24.4 Å².